The highest BCUT2D eigenvalue weighted by Gasteiger charge is 2.29. The highest BCUT2D eigenvalue weighted by atomic mass is 32.2. The van der Waals surface area contributed by atoms with E-state index in [9.17, 15) is 19.7 Å². The highest BCUT2D eigenvalue weighted by Crippen LogP contribution is 2.32. The average molecular weight is 334 g/mol. The van der Waals surface area contributed by atoms with Gasteiger partial charge < -0.3 is 4.90 Å². The summed E-state index contributed by atoms with van der Waals surface area (Å²) in [5, 5.41) is 11.4. The molecule has 1 amide bonds. The van der Waals surface area contributed by atoms with Gasteiger partial charge in [-0.25, -0.2) is 0 Å². The molecule has 0 aliphatic carbocycles. The van der Waals surface area contributed by atoms with E-state index in [0.29, 0.717) is 10.6 Å². The fourth-order valence-electron chi connectivity index (χ4n) is 1.98. The maximum absolute atomic E-state index is 12.2. The number of carbonyl (C=O) groups excluding carboxylic acids is 2. The Morgan fingerprint density at radius 1 is 1.43 bits per heavy atom. The molecule has 7 heteroatoms. The number of carbonyl (C=O) groups is 2. The van der Waals surface area contributed by atoms with Crippen LogP contribution in [0.2, 0.25) is 0 Å². The molecule has 1 aromatic carbocycles. The highest BCUT2D eigenvalue weighted by molar-refractivity contribution is 8.04. The van der Waals surface area contributed by atoms with Crippen LogP contribution < -0.4 is 0 Å². The number of amides is 1. The van der Waals surface area contributed by atoms with Crippen LogP contribution in [-0.4, -0.2) is 27.3 Å². The molecule has 1 aromatic rings. The van der Waals surface area contributed by atoms with E-state index in [4.69, 9.17) is 0 Å². The zero-order valence-corrected chi connectivity index (χ0v) is 14.1. The molecule has 0 bridgehead atoms. The molecule has 0 spiro atoms. The lowest BCUT2D eigenvalue weighted by Gasteiger charge is -2.19. The summed E-state index contributed by atoms with van der Waals surface area (Å²) in [5.41, 5.74) is 0.124. The van der Waals surface area contributed by atoms with E-state index in [0.717, 1.165) is 0 Å². The summed E-state index contributed by atoms with van der Waals surface area (Å²) in [5.74, 6) is 0.117. The summed E-state index contributed by atoms with van der Waals surface area (Å²) < 4.78 is 0. The lowest BCUT2D eigenvalue weighted by molar-refractivity contribution is -0.384. The van der Waals surface area contributed by atoms with Gasteiger partial charge >= 0.3 is 0 Å². The van der Waals surface area contributed by atoms with E-state index in [-0.39, 0.29) is 29.7 Å². The summed E-state index contributed by atoms with van der Waals surface area (Å²) in [6.07, 6.45) is 1.49. The second-order valence-corrected chi connectivity index (χ2v) is 7.29. The number of nitro benzene ring substituents is 1. The Balaban J connectivity index is 2.24. The van der Waals surface area contributed by atoms with Gasteiger partial charge in [-0.1, -0.05) is 44.7 Å². The van der Waals surface area contributed by atoms with Gasteiger partial charge in [0.05, 0.1) is 22.2 Å². The average Bonchev–Trinajstić information content (AvgIpc) is 2.79. The minimum Gasteiger partial charge on any atom is -0.301 e. The van der Waals surface area contributed by atoms with Crippen molar-refractivity contribution in [3.63, 3.8) is 0 Å². The van der Waals surface area contributed by atoms with E-state index >= 15 is 0 Å². The van der Waals surface area contributed by atoms with Gasteiger partial charge in [-0.15, -0.1) is 0 Å². The summed E-state index contributed by atoms with van der Waals surface area (Å²) in [4.78, 5) is 36.1. The first-order chi connectivity index (χ1) is 10.7. The van der Waals surface area contributed by atoms with Gasteiger partial charge in [0.25, 0.3) is 5.69 Å². The number of rotatable bonds is 4. The van der Waals surface area contributed by atoms with Crippen molar-refractivity contribution in [3.8, 4) is 0 Å². The van der Waals surface area contributed by atoms with E-state index in [1.807, 2.05) is 20.8 Å². The Bertz CT molecular complexity index is 692. The quantitative estimate of drug-likeness (QED) is 0.480. The number of allylic oxidation sites excluding steroid dienone is 1. The second-order valence-electron chi connectivity index (χ2n) is 6.29. The van der Waals surface area contributed by atoms with Crippen molar-refractivity contribution in [2.24, 2.45) is 5.41 Å². The minimum absolute atomic E-state index is 0.0157. The standard InChI is InChI=1S/C16H18N2O4S/c1-16(2,3)13(19)8-15-17(14(20)10-23-15)9-11-5-4-6-12(7-11)18(21)22/h4-8H,9-10H2,1-3H3/b15-8+. The van der Waals surface area contributed by atoms with Crippen LogP contribution in [0.25, 0.3) is 0 Å². The van der Waals surface area contributed by atoms with Gasteiger partial charge in [-0.2, -0.15) is 0 Å². The van der Waals surface area contributed by atoms with E-state index in [1.54, 1.807) is 12.1 Å². The van der Waals surface area contributed by atoms with Crippen LogP contribution in [0.4, 0.5) is 5.69 Å². The molecule has 1 heterocycles. The Morgan fingerprint density at radius 3 is 2.74 bits per heavy atom. The van der Waals surface area contributed by atoms with Crippen LogP contribution in [0.15, 0.2) is 35.4 Å². The van der Waals surface area contributed by atoms with Crippen LogP contribution in [0.1, 0.15) is 26.3 Å². The molecule has 0 saturated carbocycles. The number of benzene rings is 1. The third-order valence-electron chi connectivity index (χ3n) is 3.37. The van der Waals surface area contributed by atoms with Crippen molar-refractivity contribution < 1.29 is 14.5 Å². The number of nitrogens with zero attached hydrogens (tertiary/aromatic N) is 2. The number of thioether (sulfide) groups is 1. The molecular formula is C16H18N2O4S. The molecule has 1 saturated heterocycles. The van der Waals surface area contributed by atoms with E-state index in [1.165, 1.54) is 34.9 Å². The summed E-state index contributed by atoms with van der Waals surface area (Å²) in [6, 6.07) is 6.17. The van der Waals surface area contributed by atoms with Gasteiger partial charge in [0.15, 0.2) is 5.78 Å². The van der Waals surface area contributed by atoms with Gasteiger partial charge in [0.2, 0.25) is 5.91 Å². The molecule has 1 aliphatic heterocycles. The van der Waals surface area contributed by atoms with Crippen LogP contribution in [0.3, 0.4) is 0 Å². The van der Waals surface area contributed by atoms with Crippen LogP contribution in [0, 0.1) is 15.5 Å². The molecular weight excluding hydrogens is 316 g/mol. The molecule has 0 unspecified atom stereocenters. The van der Waals surface area contributed by atoms with Crippen LogP contribution in [-0.2, 0) is 16.1 Å². The monoisotopic (exact) mass is 334 g/mol. The zero-order chi connectivity index (χ0) is 17.2. The number of hydrogen-bond acceptors (Lipinski definition) is 5. The van der Waals surface area contributed by atoms with Crippen LogP contribution in [0.5, 0.6) is 0 Å². The maximum atomic E-state index is 12.2. The van der Waals surface area contributed by atoms with Crippen molar-refractivity contribution in [2.75, 3.05) is 5.75 Å². The molecule has 0 atom stereocenters. The van der Waals surface area contributed by atoms with Gasteiger partial charge in [-0.05, 0) is 5.56 Å². The smallest absolute Gasteiger partial charge is 0.269 e. The SMILES string of the molecule is CC(C)(C)C(=O)/C=C1/SCC(=O)N1Cc1cccc([N+](=O)[O-])c1. The van der Waals surface area contributed by atoms with Crippen LogP contribution >= 0.6 is 11.8 Å². The van der Waals surface area contributed by atoms with Gasteiger partial charge in [0, 0.05) is 23.6 Å². The van der Waals surface area contributed by atoms with Gasteiger partial charge in [0.1, 0.15) is 0 Å². The van der Waals surface area contributed by atoms with Crippen molar-refractivity contribution in [1.29, 1.82) is 0 Å². The Kier molecular flexibility index (Phi) is 4.89. The minimum atomic E-state index is -0.517. The lowest BCUT2D eigenvalue weighted by Crippen LogP contribution is -2.25. The summed E-state index contributed by atoms with van der Waals surface area (Å²) in [7, 11) is 0. The fraction of sp³-hybridized carbons (Fsp3) is 0.375. The van der Waals surface area contributed by atoms with Crippen molar-refractivity contribution in [3.05, 3.63) is 51.0 Å². The molecule has 1 fully saturated rings. The number of nitro groups is 1. The van der Waals surface area contributed by atoms with Crippen molar-refractivity contribution in [1.82, 2.24) is 4.90 Å². The zero-order valence-electron chi connectivity index (χ0n) is 13.2. The molecule has 0 N–H and O–H groups in total. The first-order valence-electron chi connectivity index (χ1n) is 7.11. The third kappa shape index (κ3) is 4.19. The topological polar surface area (TPSA) is 80.5 Å². The molecule has 0 radical (unpaired) electrons. The maximum Gasteiger partial charge on any atom is 0.269 e. The normalized spacial score (nSPS) is 16.9. The molecule has 2 rings (SSSR count). The Hall–Kier alpha value is -2.15. The number of hydrogen-bond donors (Lipinski definition) is 0. The second kappa shape index (κ2) is 6.54. The number of ketones is 1. The predicted molar refractivity (Wildman–Crippen MR) is 88.6 cm³/mol. The molecule has 122 valence electrons. The summed E-state index contributed by atoms with van der Waals surface area (Å²) in [6.45, 7) is 5.67. The van der Waals surface area contributed by atoms with Crippen molar-refractivity contribution in [2.45, 2.75) is 27.3 Å². The lowest BCUT2D eigenvalue weighted by atomic mass is 9.91. The summed E-state index contributed by atoms with van der Waals surface area (Å²) >= 11 is 1.32. The molecule has 6 nitrogen and oxygen atoms in total. The third-order valence-corrected chi connectivity index (χ3v) is 4.39. The largest absolute Gasteiger partial charge is 0.301 e. The predicted octanol–water partition coefficient (Wildman–Crippen LogP) is 3.13. The number of non-ortho nitro benzene ring substituents is 1. The van der Waals surface area contributed by atoms with E-state index in [2.05, 4.69) is 0 Å². The first kappa shape index (κ1) is 17.2. The molecule has 1 aliphatic rings. The Morgan fingerprint density at radius 2 is 2.13 bits per heavy atom. The molecule has 23 heavy (non-hydrogen) atoms. The van der Waals surface area contributed by atoms with E-state index < -0.39 is 10.3 Å². The first-order valence-corrected chi connectivity index (χ1v) is 8.09. The molecule has 0 aromatic heterocycles. The Labute approximate surface area is 138 Å². The fourth-order valence-corrected chi connectivity index (χ4v) is 2.92. The van der Waals surface area contributed by atoms with Gasteiger partial charge in [-0.3, -0.25) is 19.7 Å². The van der Waals surface area contributed by atoms with Crippen molar-refractivity contribution >= 4 is 29.1 Å².